The van der Waals surface area contributed by atoms with Gasteiger partial charge in [0.2, 0.25) is 0 Å². The number of rotatable bonds is 8. The predicted molar refractivity (Wildman–Crippen MR) is 273 cm³/mol. The summed E-state index contributed by atoms with van der Waals surface area (Å²) in [5.74, 6) is 0. The van der Waals surface area contributed by atoms with E-state index in [0.29, 0.717) is 0 Å². The second kappa shape index (κ2) is 16.1. The number of fused-ring (bicyclic) bond motifs is 4. The van der Waals surface area contributed by atoms with Gasteiger partial charge in [0.05, 0.1) is 22.4 Å². The molecule has 11 rings (SSSR count). The van der Waals surface area contributed by atoms with E-state index in [9.17, 15) is 0 Å². The summed E-state index contributed by atoms with van der Waals surface area (Å²) in [7, 11) is 0. The van der Waals surface area contributed by atoms with Crippen molar-refractivity contribution in [3.63, 3.8) is 0 Å². The Balaban J connectivity index is 1.16. The fraction of sp³-hybridized carbons (Fsp3) is 0.0645. The average Bonchev–Trinajstić information content (AvgIpc) is 3.68. The Morgan fingerprint density at radius 2 is 0.922 bits per heavy atom. The molecule has 0 aliphatic heterocycles. The summed E-state index contributed by atoms with van der Waals surface area (Å²) in [6, 6.07) is 86.6. The summed E-state index contributed by atoms with van der Waals surface area (Å²) in [5, 5.41) is 4.95. The number of para-hydroxylation sites is 3. The summed E-state index contributed by atoms with van der Waals surface area (Å²) in [4.78, 5) is 2.50. The zero-order chi connectivity index (χ0) is 43.2. The Bertz CT molecular complexity index is 3460. The Kier molecular flexibility index (Phi) is 9.78. The molecule has 0 aliphatic carbocycles. The average molecular weight is 821 g/mol. The molecule has 0 spiro atoms. The minimum atomic E-state index is -0.0393. The number of aromatic nitrogens is 1. The topological polar surface area (TPSA) is 8.17 Å². The Hall–Kier alpha value is -7.94. The van der Waals surface area contributed by atoms with Crippen molar-refractivity contribution < 1.29 is 0 Å². The van der Waals surface area contributed by atoms with Gasteiger partial charge in [0, 0.05) is 33.3 Å². The summed E-state index contributed by atoms with van der Waals surface area (Å²) in [6.45, 7) is 6.89. The molecule has 0 amide bonds. The van der Waals surface area contributed by atoms with Crippen LogP contribution in [0.5, 0.6) is 0 Å². The minimum absolute atomic E-state index is 0.0393. The maximum atomic E-state index is 2.50. The van der Waals surface area contributed by atoms with Crippen molar-refractivity contribution in [2.75, 3.05) is 4.90 Å². The van der Waals surface area contributed by atoms with Gasteiger partial charge in [0.25, 0.3) is 0 Å². The molecule has 0 atom stereocenters. The standard InChI is InChI=1S/C62H48N2/c1-62(2,3)48-37-39-59(56(42-48)44-22-9-5-10-23-44)64(58-35-16-14-31-53(58)55-33-19-25-45-24-18-32-51(61(45)55)43-20-7-4-8-21-43)50-29-17-26-46(40-50)47-36-38-54-52-30-13-15-34-57(52)63(60(54)41-47)49-27-11-6-12-28-49/h4-42H,1-3H3. The molecular formula is C62H48N2. The highest BCUT2D eigenvalue weighted by atomic mass is 15.1. The van der Waals surface area contributed by atoms with Crippen molar-refractivity contribution in [2.45, 2.75) is 26.2 Å². The van der Waals surface area contributed by atoms with E-state index in [1.54, 1.807) is 0 Å². The SMILES string of the molecule is CC(C)(C)c1ccc(N(c2cccc(-c3ccc4c5ccccc5n(-c5ccccc5)c4c3)c2)c2ccccc2-c2cccc3cccc(-c4ccccc4)c23)c(-c2ccccc2)c1. The fourth-order valence-electron chi connectivity index (χ4n) is 9.60. The normalized spacial score (nSPS) is 11.7. The lowest BCUT2D eigenvalue weighted by atomic mass is 9.84. The molecule has 0 unspecified atom stereocenters. The van der Waals surface area contributed by atoms with Crippen molar-refractivity contribution in [1.82, 2.24) is 4.57 Å². The first kappa shape index (κ1) is 38.9. The lowest BCUT2D eigenvalue weighted by Crippen LogP contribution is -2.15. The molecule has 306 valence electrons. The molecule has 10 aromatic carbocycles. The lowest BCUT2D eigenvalue weighted by Gasteiger charge is -2.32. The van der Waals surface area contributed by atoms with Crippen LogP contribution in [-0.4, -0.2) is 4.57 Å². The molecule has 11 aromatic rings. The van der Waals surface area contributed by atoms with Gasteiger partial charge in [-0.05, 0) is 110 Å². The number of nitrogens with zero attached hydrogens (tertiary/aromatic N) is 2. The highest BCUT2D eigenvalue weighted by molar-refractivity contribution is 6.11. The second-order valence-corrected chi connectivity index (χ2v) is 17.7. The van der Waals surface area contributed by atoms with Gasteiger partial charge in [0.1, 0.15) is 0 Å². The number of hydrogen-bond acceptors (Lipinski definition) is 1. The van der Waals surface area contributed by atoms with Gasteiger partial charge in [-0.15, -0.1) is 0 Å². The molecule has 0 N–H and O–H groups in total. The van der Waals surface area contributed by atoms with Crippen molar-refractivity contribution in [3.8, 4) is 50.2 Å². The summed E-state index contributed by atoms with van der Waals surface area (Å²) in [5.41, 5.74) is 17.6. The number of benzene rings is 10. The molecule has 64 heavy (non-hydrogen) atoms. The summed E-state index contributed by atoms with van der Waals surface area (Å²) in [6.07, 6.45) is 0. The van der Waals surface area contributed by atoms with Crippen LogP contribution >= 0.6 is 0 Å². The van der Waals surface area contributed by atoms with Crippen molar-refractivity contribution in [2.24, 2.45) is 0 Å². The van der Waals surface area contributed by atoms with E-state index in [1.807, 2.05) is 0 Å². The van der Waals surface area contributed by atoms with E-state index in [-0.39, 0.29) is 5.41 Å². The van der Waals surface area contributed by atoms with Crippen LogP contribution in [0, 0.1) is 0 Å². The van der Waals surface area contributed by atoms with Crippen molar-refractivity contribution in [1.29, 1.82) is 0 Å². The second-order valence-electron chi connectivity index (χ2n) is 17.7. The molecule has 0 aliphatic rings. The lowest BCUT2D eigenvalue weighted by molar-refractivity contribution is 0.590. The molecular weight excluding hydrogens is 773 g/mol. The third kappa shape index (κ3) is 6.94. The fourth-order valence-corrected chi connectivity index (χ4v) is 9.60. The van der Waals surface area contributed by atoms with Crippen LogP contribution < -0.4 is 4.90 Å². The van der Waals surface area contributed by atoms with Crippen LogP contribution in [0.1, 0.15) is 26.3 Å². The Labute approximate surface area is 376 Å². The van der Waals surface area contributed by atoms with E-state index in [0.717, 1.165) is 39.4 Å². The largest absolute Gasteiger partial charge is 0.309 e. The van der Waals surface area contributed by atoms with Gasteiger partial charge in [-0.25, -0.2) is 0 Å². The van der Waals surface area contributed by atoms with Crippen LogP contribution in [0.15, 0.2) is 237 Å². The molecule has 0 radical (unpaired) electrons. The van der Waals surface area contributed by atoms with E-state index >= 15 is 0 Å². The molecule has 2 heteroatoms. The third-order valence-corrected chi connectivity index (χ3v) is 12.7. The molecule has 0 saturated heterocycles. The molecule has 0 bridgehead atoms. The Morgan fingerprint density at radius 1 is 0.359 bits per heavy atom. The van der Waals surface area contributed by atoms with Crippen LogP contribution in [0.4, 0.5) is 17.1 Å². The smallest absolute Gasteiger partial charge is 0.0547 e. The zero-order valence-corrected chi connectivity index (χ0v) is 36.4. The van der Waals surface area contributed by atoms with Gasteiger partial charge in [-0.3, -0.25) is 0 Å². The minimum Gasteiger partial charge on any atom is -0.309 e. The van der Waals surface area contributed by atoms with Gasteiger partial charge < -0.3 is 9.47 Å². The first-order valence-corrected chi connectivity index (χ1v) is 22.3. The van der Waals surface area contributed by atoms with Crippen LogP contribution in [0.3, 0.4) is 0 Å². The third-order valence-electron chi connectivity index (χ3n) is 12.7. The monoisotopic (exact) mass is 820 g/mol. The molecule has 1 heterocycles. The maximum absolute atomic E-state index is 2.50. The highest BCUT2D eigenvalue weighted by Gasteiger charge is 2.25. The van der Waals surface area contributed by atoms with E-state index in [4.69, 9.17) is 0 Å². The maximum Gasteiger partial charge on any atom is 0.0547 e. The van der Waals surface area contributed by atoms with Gasteiger partial charge in [0.15, 0.2) is 0 Å². The number of hydrogen-bond donors (Lipinski definition) is 0. The quantitative estimate of drug-likeness (QED) is 0.148. The first-order valence-electron chi connectivity index (χ1n) is 22.3. The van der Waals surface area contributed by atoms with Crippen LogP contribution in [-0.2, 0) is 5.41 Å². The molecule has 0 saturated carbocycles. The molecule has 0 fully saturated rings. The van der Waals surface area contributed by atoms with Crippen LogP contribution in [0.2, 0.25) is 0 Å². The highest BCUT2D eigenvalue weighted by Crippen LogP contribution is 2.48. The van der Waals surface area contributed by atoms with Crippen molar-refractivity contribution in [3.05, 3.63) is 242 Å². The summed E-state index contributed by atoms with van der Waals surface area (Å²) < 4.78 is 2.40. The van der Waals surface area contributed by atoms with E-state index in [2.05, 4.69) is 267 Å². The van der Waals surface area contributed by atoms with Gasteiger partial charge in [-0.2, -0.15) is 0 Å². The molecule has 2 nitrogen and oxygen atoms in total. The first-order chi connectivity index (χ1) is 31.4. The predicted octanol–water partition coefficient (Wildman–Crippen LogP) is 17.4. The summed E-state index contributed by atoms with van der Waals surface area (Å²) >= 11 is 0. The molecule has 1 aromatic heterocycles. The number of anilines is 3. The van der Waals surface area contributed by atoms with E-state index < -0.39 is 0 Å². The van der Waals surface area contributed by atoms with Gasteiger partial charge in [-0.1, -0.05) is 203 Å². The Morgan fingerprint density at radius 3 is 1.67 bits per heavy atom. The van der Waals surface area contributed by atoms with Crippen molar-refractivity contribution >= 4 is 49.6 Å². The zero-order valence-electron chi connectivity index (χ0n) is 36.4. The van der Waals surface area contributed by atoms with Gasteiger partial charge >= 0.3 is 0 Å². The van der Waals surface area contributed by atoms with Crippen LogP contribution in [0.25, 0.3) is 82.8 Å². The van der Waals surface area contributed by atoms with E-state index in [1.165, 1.54) is 66.0 Å².